The van der Waals surface area contributed by atoms with Gasteiger partial charge in [0.05, 0.1) is 14.2 Å². The summed E-state index contributed by atoms with van der Waals surface area (Å²) in [4.78, 5) is 0. The molecule has 0 aliphatic heterocycles. The monoisotopic (exact) mass is 251 g/mol. The van der Waals surface area contributed by atoms with Gasteiger partial charge in [-0.2, -0.15) is 0 Å². The molecule has 0 fully saturated rings. The number of hydrogen-bond acceptors (Lipinski definition) is 3. The first-order chi connectivity index (χ1) is 8.45. The zero-order valence-corrected chi connectivity index (χ0v) is 12.2. The zero-order valence-electron chi connectivity index (χ0n) is 12.2. The fourth-order valence-electron chi connectivity index (χ4n) is 2.37. The van der Waals surface area contributed by atoms with Gasteiger partial charge in [0.2, 0.25) is 0 Å². The van der Waals surface area contributed by atoms with Gasteiger partial charge >= 0.3 is 0 Å². The molecule has 0 unspecified atom stereocenters. The molecule has 1 aromatic carbocycles. The average molecular weight is 251 g/mol. The number of hydrogen-bond donors (Lipinski definition) is 1. The molecule has 0 aromatic heterocycles. The molecule has 102 valence electrons. The Kier molecular flexibility index (Phi) is 5.03. The summed E-state index contributed by atoms with van der Waals surface area (Å²) in [6, 6.07) is 4.09. The molecule has 0 aliphatic carbocycles. The Morgan fingerprint density at radius 2 is 1.83 bits per heavy atom. The third-order valence-corrected chi connectivity index (χ3v) is 3.35. The lowest BCUT2D eigenvalue weighted by molar-refractivity contribution is 0.327. The molecule has 0 atom stereocenters. The van der Waals surface area contributed by atoms with Crippen LogP contribution in [0, 0.1) is 12.3 Å². The molecule has 0 bridgehead atoms. The zero-order chi connectivity index (χ0) is 13.8. The molecular weight excluding hydrogens is 226 g/mol. The second-order valence-corrected chi connectivity index (χ2v) is 5.46. The summed E-state index contributed by atoms with van der Waals surface area (Å²) in [5.74, 6) is 1.80. The molecule has 0 heterocycles. The van der Waals surface area contributed by atoms with Crippen molar-refractivity contribution in [1.82, 2.24) is 0 Å². The van der Waals surface area contributed by atoms with Crippen molar-refractivity contribution in [3.63, 3.8) is 0 Å². The smallest absolute Gasteiger partial charge is 0.128 e. The largest absolute Gasteiger partial charge is 0.496 e. The van der Waals surface area contributed by atoms with Crippen molar-refractivity contribution in [1.29, 1.82) is 0 Å². The molecule has 0 saturated carbocycles. The number of rotatable bonds is 6. The van der Waals surface area contributed by atoms with E-state index in [-0.39, 0.29) is 5.41 Å². The van der Waals surface area contributed by atoms with Gasteiger partial charge in [0.15, 0.2) is 0 Å². The van der Waals surface area contributed by atoms with E-state index in [9.17, 15) is 0 Å². The van der Waals surface area contributed by atoms with Crippen LogP contribution in [0.25, 0.3) is 0 Å². The van der Waals surface area contributed by atoms with E-state index in [0.717, 1.165) is 29.9 Å². The fraction of sp³-hybridized carbons (Fsp3) is 0.600. The van der Waals surface area contributed by atoms with Crippen molar-refractivity contribution in [3.8, 4) is 11.5 Å². The Hall–Kier alpha value is -1.22. The second kappa shape index (κ2) is 6.10. The second-order valence-electron chi connectivity index (χ2n) is 5.46. The van der Waals surface area contributed by atoms with Crippen LogP contribution >= 0.6 is 0 Å². The van der Waals surface area contributed by atoms with Gasteiger partial charge in [-0.3, -0.25) is 0 Å². The summed E-state index contributed by atoms with van der Waals surface area (Å²) >= 11 is 0. The van der Waals surface area contributed by atoms with E-state index in [2.05, 4.69) is 19.9 Å². The average Bonchev–Trinajstić information content (AvgIpc) is 2.29. The van der Waals surface area contributed by atoms with Crippen LogP contribution in [-0.2, 0) is 6.42 Å². The molecule has 0 radical (unpaired) electrons. The summed E-state index contributed by atoms with van der Waals surface area (Å²) in [5.41, 5.74) is 8.12. The van der Waals surface area contributed by atoms with E-state index in [4.69, 9.17) is 15.2 Å². The maximum absolute atomic E-state index is 5.66. The van der Waals surface area contributed by atoms with E-state index in [1.165, 1.54) is 5.56 Å². The lowest BCUT2D eigenvalue weighted by Gasteiger charge is -2.25. The summed E-state index contributed by atoms with van der Waals surface area (Å²) in [6.07, 6.45) is 1.96. The number of nitrogens with two attached hydrogens (primary N) is 1. The summed E-state index contributed by atoms with van der Waals surface area (Å²) in [7, 11) is 3.39. The van der Waals surface area contributed by atoms with Crippen LogP contribution in [0.3, 0.4) is 0 Å². The fourth-order valence-corrected chi connectivity index (χ4v) is 2.37. The van der Waals surface area contributed by atoms with Gasteiger partial charge in [0, 0.05) is 5.56 Å². The standard InChI is InChI=1S/C15H25NO2/c1-11-13(17-4)7-6-12(14(11)18-5)10-15(2,3)8-9-16/h6-7H,8-10,16H2,1-5H3. The molecule has 1 rings (SSSR count). The van der Waals surface area contributed by atoms with E-state index in [1.807, 2.05) is 13.0 Å². The van der Waals surface area contributed by atoms with Gasteiger partial charge in [-0.15, -0.1) is 0 Å². The van der Waals surface area contributed by atoms with Crippen LogP contribution in [0.4, 0.5) is 0 Å². The van der Waals surface area contributed by atoms with Crippen LogP contribution in [0.15, 0.2) is 12.1 Å². The van der Waals surface area contributed by atoms with Gasteiger partial charge in [0.25, 0.3) is 0 Å². The van der Waals surface area contributed by atoms with Gasteiger partial charge < -0.3 is 15.2 Å². The lowest BCUT2D eigenvalue weighted by atomic mass is 9.82. The van der Waals surface area contributed by atoms with Crippen molar-refractivity contribution in [2.45, 2.75) is 33.6 Å². The number of ether oxygens (including phenoxy) is 2. The van der Waals surface area contributed by atoms with Crippen molar-refractivity contribution in [3.05, 3.63) is 23.3 Å². The van der Waals surface area contributed by atoms with Gasteiger partial charge in [-0.25, -0.2) is 0 Å². The van der Waals surface area contributed by atoms with Gasteiger partial charge in [-0.05, 0) is 43.4 Å². The predicted octanol–water partition coefficient (Wildman–Crippen LogP) is 2.93. The van der Waals surface area contributed by atoms with Gasteiger partial charge in [-0.1, -0.05) is 19.9 Å². The van der Waals surface area contributed by atoms with Crippen LogP contribution < -0.4 is 15.2 Å². The Bertz CT molecular complexity index is 400. The summed E-state index contributed by atoms with van der Waals surface area (Å²) < 4.78 is 10.9. The van der Waals surface area contributed by atoms with Crippen molar-refractivity contribution in [2.75, 3.05) is 20.8 Å². The van der Waals surface area contributed by atoms with E-state index < -0.39 is 0 Å². The third-order valence-electron chi connectivity index (χ3n) is 3.35. The van der Waals surface area contributed by atoms with Crippen molar-refractivity contribution >= 4 is 0 Å². The van der Waals surface area contributed by atoms with E-state index in [0.29, 0.717) is 6.54 Å². The molecule has 3 nitrogen and oxygen atoms in total. The van der Waals surface area contributed by atoms with Crippen LogP contribution in [0.1, 0.15) is 31.4 Å². The van der Waals surface area contributed by atoms with Crippen molar-refractivity contribution in [2.24, 2.45) is 11.1 Å². The Morgan fingerprint density at radius 1 is 1.17 bits per heavy atom. The molecule has 0 amide bonds. The highest BCUT2D eigenvalue weighted by Gasteiger charge is 2.21. The van der Waals surface area contributed by atoms with Gasteiger partial charge in [0.1, 0.15) is 11.5 Å². The minimum absolute atomic E-state index is 0.184. The number of methoxy groups -OCH3 is 2. The van der Waals surface area contributed by atoms with E-state index in [1.54, 1.807) is 14.2 Å². The maximum Gasteiger partial charge on any atom is 0.128 e. The van der Waals surface area contributed by atoms with Crippen molar-refractivity contribution < 1.29 is 9.47 Å². The van der Waals surface area contributed by atoms with E-state index >= 15 is 0 Å². The maximum atomic E-state index is 5.66. The van der Waals surface area contributed by atoms with Crippen LogP contribution in [0.5, 0.6) is 11.5 Å². The normalized spacial score (nSPS) is 11.4. The predicted molar refractivity (Wildman–Crippen MR) is 75.4 cm³/mol. The molecule has 18 heavy (non-hydrogen) atoms. The SMILES string of the molecule is COc1ccc(CC(C)(C)CCN)c(OC)c1C. The van der Waals surface area contributed by atoms with Crippen LogP contribution in [-0.4, -0.2) is 20.8 Å². The molecule has 3 heteroatoms. The Morgan fingerprint density at radius 3 is 2.33 bits per heavy atom. The molecular formula is C15H25NO2. The topological polar surface area (TPSA) is 44.5 Å². The highest BCUT2D eigenvalue weighted by molar-refractivity contribution is 5.49. The first-order valence-electron chi connectivity index (χ1n) is 6.35. The number of benzene rings is 1. The Balaban J connectivity index is 3.06. The lowest BCUT2D eigenvalue weighted by Crippen LogP contribution is -2.20. The van der Waals surface area contributed by atoms with Crippen LogP contribution in [0.2, 0.25) is 0 Å². The molecule has 0 saturated heterocycles. The highest BCUT2D eigenvalue weighted by Crippen LogP contribution is 2.35. The summed E-state index contributed by atoms with van der Waals surface area (Å²) in [5, 5.41) is 0. The minimum Gasteiger partial charge on any atom is -0.496 e. The molecule has 0 spiro atoms. The molecule has 2 N–H and O–H groups in total. The first kappa shape index (κ1) is 14.8. The first-order valence-corrected chi connectivity index (χ1v) is 6.35. The highest BCUT2D eigenvalue weighted by atomic mass is 16.5. The summed E-state index contributed by atoms with van der Waals surface area (Å²) in [6.45, 7) is 7.21. The third kappa shape index (κ3) is 3.39. The molecule has 0 aliphatic rings. The quantitative estimate of drug-likeness (QED) is 0.845. The molecule has 1 aromatic rings. The minimum atomic E-state index is 0.184. The Labute approximate surface area is 110 Å².